The van der Waals surface area contributed by atoms with Crippen LogP contribution in [0.25, 0.3) is 23.2 Å². The van der Waals surface area contributed by atoms with E-state index in [9.17, 15) is 9.83 Å². The molecule has 0 aliphatic carbocycles. The maximum absolute atomic E-state index is 13.1. The quantitative estimate of drug-likeness (QED) is 0.102. The largest absolute Gasteiger partial charge is 0.493 e. The summed E-state index contributed by atoms with van der Waals surface area (Å²) >= 11 is 0. The molecular weight excluding hydrogens is 619 g/mol. The van der Waals surface area contributed by atoms with Crippen molar-refractivity contribution in [3.05, 3.63) is 113 Å². The summed E-state index contributed by atoms with van der Waals surface area (Å²) in [6, 6.07) is 24.3. The predicted molar refractivity (Wildman–Crippen MR) is 177 cm³/mol. The summed E-state index contributed by atoms with van der Waals surface area (Å²) in [6.45, 7) is 6.15. The molecule has 0 unspecified atom stereocenters. The van der Waals surface area contributed by atoms with E-state index in [1.54, 1.807) is 62.2 Å². The van der Waals surface area contributed by atoms with E-state index in [1.807, 2.05) is 55.5 Å². The Hall–Kier alpha value is -5.14. The molecule has 0 N–H and O–H groups in total. The van der Waals surface area contributed by atoms with Crippen LogP contribution in [0.4, 0.5) is 0 Å². The minimum Gasteiger partial charge on any atom is -0.493 e. The van der Waals surface area contributed by atoms with Crippen LogP contribution < -0.4 is 14.2 Å². The van der Waals surface area contributed by atoms with Gasteiger partial charge in [0.25, 0.3) is 0 Å². The Balaban J connectivity index is 1.31. The van der Waals surface area contributed by atoms with E-state index in [1.165, 1.54) is 5.82 Å². The smallest absolute Gasteiger partial charge is 0.354 e. The zero-order valence-corrected chi connectivity index (χ0v) is 27.5. The van der Waals surface area contributed by atoms with Crippen molar-refractivity contribution < 1.29 is 32.2 Å². The fourth-order valence-corrected chi connectivity index (χ4v) is 5.90. The number of aromatic nitrogens is 3. The molecule has 0 fully saturated rings. The summed E-state index contributed by atoms with van der Waals surface area (Å²) in [5, 5.41) is 13.8. The van der Waals surface area contributed by atoms with Gasteiger partial charge in [0.1, 0.15) is 24.7 Å². The van der Waals surface area contributed by atoms with E-state index >= 15 is 0 Å². The van der Waals surface area contributed by atoms with E-state index in [0.29, 0.717) is 51.4 Å². The van der Waals surface area contributed by atoms with Gasteiger partial charge in [-0.2, -0.15) is 5.26 Å². The van der Waals surface area contributed by atoms with Gasteiger partial charge in [-0.1, -0.05) is 30.3 Å². The topological polar surface area (TPSA) is 131 Å². The highest BCUT2D eigenvalue weighted by molar-refractivity contribution is 7.57. The Morgan fingerprint density at radius 1 is 0.957 bits per heavy atom. The van der Waals surface area contributed by atoms with Gasteiger partial charge < -0.3 is 27.7 Å². The minimum atomic E-state index is -3.44. The molecule has 5 rings (SSSR count). The Morgan fingerprint density at radius 3 is 2.47 bits per heavy atom. The van der Waals surface area contributed by atoms with Gasteiger partial charge in [-0.3, -0.25) is 4.57 Å². The van der Waals surface area contributed by atoms with Gasteiger partial charge in [-0.15, -0.1) is 5.10 Å². The van der Waals surface area contributed by atoms with Crippen LogP contribution in [0.3, 0.4) is 0 Å². The van der Waals surface area contributed by atoms with E-state index in [0.717, 1.165) is 11.3 Å². The lowest BCUT2D eigenvalue weighted by Crippen LogP contribution is -2.02. The van der Waals surface area contributed by atoms with Crippen LogP contribution in [0, 0.1) is 18.3 Å². The van der Waals surface area contributed by atoms with Crippen LogP contribution in [0.1, 0.15) is 42.0 Å². The summed E-state index contributed by atoms with van der Waals surface area (Å²) in [7, 11) is -1.87. The van der Waals surface area contributed by atoms with Crippen molar-refractivity contribution in [3.63, 3.8) is 0 Å². The number of nitrogens with zero attached hydrogens (tertiary/aromatic N) is 4. The van der Waals surface area contributed by atoms with Crippen LogP contribution in [-0.2, 0) is 26.8 Å². The van der Waals surface area contributed by atoms with Gasteiger partial charge in [-0.05, 0) is 74.9 Å². The number of para-hydroxylation sites is 1. The predicted octanol–water partition coefficient (Wildman–Crippen LogP) is 8.11. The first kappa shape index (κ1) is 33.2. The average molecular weight is 655 g/mol. The highest BCUT2D eigenvalue weighted by Crippen LogP contribution is 2.50. The van der Waals surface area contributed by atoms with Crippen molar-refractivity contribution in [2.75, 3.05) is 20.3 Å². The third kappa shape index (κ3) is 8.37. The molecule has 0 spiro atoms. The van der Waals surface area contributed by atoms with Crippen molar-refractivity contribution in [2.24, 2.45) is 0 Å². The fraction of sp³-hybridized carbons (Fsp3) is 0.229. The summed E-state index contributed by atoms with van der Waals surface area (Å²) in [4.78, 5) is 4.58. The molecule has 0 amide bonds. The van der Waals surface area contributed by atoms with Crippen molar-refractivity contribution >= 4 is 13.7 Å². The number of nitriles is 1. The highest BCUT2D eigenvalue weighted by Gasteiger charge is 2.20. The number of benzene rings is 3. The maximum atomic E-state index is 13.1. The molecule has 0 atom stereocenters. The zero-order chi connectivity index (χ0) is 33.2. The van der Waals surface area contributed by atoms with Gasteiger partial charge in [0.15, 0.2) is 11.5 Å². The van der Waals surface area contributed by atoms with Crippen molar-refractivity contribution in [1.29, 1.82) is 5.26 Å². The van der Waals surface area contributed by atoms with Crippen LogP contribution in [0.15, 0.2) is 89.2 Å². The molecule has 0 aliphatic heterocycles. The maximum Gasteiger partial charge on any atom is 0.354 e. The molecular formula is C35H35N4O7P. The van der Waals surface area contributed by atoms with Crippen LogP contribution >= 0.6 is 7.60 Å². The Morgan fingerprint density at radius 2 is 1.74 bits per heavy atom. The second-order valence-electron chi connectivity index (χ2n) is 10.1. The van der Waals surface area contributed by atoms with Crippen molar-refractivity contribution in [2.45, 2.75) is 34.0 Å². The molecule has 0 bridgehead atoms. The molecule has 0 saturated carbocycles. The molecule has 0 saturated heterocycles. The molecule has 47 heavy (non-hydrogen) atoms. The minimum absolute atomic E-state index is 0.152. The molecule has 3 aromatic carbocycles. The number of methoxy groups -OCH3 is 1. The third-order valence-electron chi connectivity index (χ3n) is 6.88. The molecule has 0 aliphatic rings. The van der Waals surface area contributed by atoms with Crippen molar-refractivity contribution in [3.8, 4) is 40.6 Å². The molecule has 12 heteroatoms. The summed E-state index contributed by atoms with van der Waals surface area (Å²) in [5.74, 6) is 3.83. The number of rotatable bonds is 15. The van der Waals surface area contributed by atoms with Crippen LogP contribution in [0.5, 0.6) is 17.4 Å². The second kappa shape index (κ2) is 15.4. The Bertz CT molecular complexity index is 1920. The number of aryl methyl sites for hydroxylation is 1. The molecule has 242 valence electrons. The van der Waals surface area contributed by atoms with E-state index < -0.39 is 7.60 Å². The first-order valence-electron chi connectivity index (χ1n) is 15.0. The molecule has 11 nitrogen and oxygen atoms in total. The first-order chi connectivity index (χ1) is 22.8. The summed E-state index contributed by atoms with van der Waals surface area (Å²) < 4.78 is 49.3. The van der Waals surface area contributed by atoms with Gasteiger partial charge in [0.05, 0.1) is 43.2 Å². The fourth-order valence-electron chi connectivity index (χ4n) is 4.59. The van der Waals surface area contributed by atoms with Gasteiger partial charge in [0.2, 0.25) is 11.8 Å². The van der Waals surface area contributed by atoms with Crippen LogP contribution in [0.2, 0.25) is 0 Å². The Kier molecular flexibility index (Phi) is 10.9. The van der Waals surface area contributed by atoms with Crippen LogP contribution in [-0.4, -0.2) is 35.1 Å². The molecule has 0 radical (unpaired) electrons. The number of oxazole rings is 1. The molecule has 2 heterocycles. The van der Waals surface area contributed by atoms with Gasteiger partial charge in [0, 0.05) is 17.6 Å². The second-order valence-corrected chi connectivity index (χ2v) is 12.0. The zero-order valence-electron chi connectivity index (χ0n) is 26.6. The van der Waals surface area contributed by atoms with Crippen molar-refractivity contribution in [1.82, 2.24) is 14.8 Å². The summed E-state index contributed by atoms with van der Waals surface area (Å²) in [6.07, 6.45) is 3.43. The standard InChI is InChI=1S/C35H35N4O7P/c1-5-44-47(40,45-6-2)18-17-29-22-39(30-13-8-7-9-14-30)38-35(29)43-23-27-15-16-32(33(20-27)41-4)42-24-31-25(3)46-34(37-31)28-12-10-11-26(19-28)21-36/h7-20,22H,5-6,23-24H2,1-4H3. The molecule has 2 aromatic heterocycles. The first-order valence-corrected chi connectivity index (χ1v) is 16.6. The lowest BCUT2D eigenvalue weighted by atomic mass is 10.1. The van der Waals surface area contributed by atoms with E-state index in [-0.39, 0.29) is 26.4 Å². The van der Waals surface area contributed by atoms with E-state index in [2.05, 4.69) is 16.2 Å². The third-order valence-corrected chi connectivity index (χ3v) is 8.63. The van der Waals surface area contributed by atoms with Gasteiger partial charge in [-0.25, -0.2) is 9.67 Å². The molecule has 5 aromatic rings. The highest BCUT2D eigenvalue weighted by atomic mass is 31.2. The lowest BCUT2D eigenvalue weighted by molar-refractivity contribution is 0.229. The number of ether oxygens (including phenoxy) is 3. The lowest BCUT2D eigenvalue weighted by Gasteiger charge is -2.13. The summed E-state index contributed by atoms with van der Waals surface area (Å²) in [5.41, 5.74) is 4.11. The Labute approximate surface area is 273 Å². The monoisotopic (exact) mass is 654 g/mol. The number of hydrogen-bond donors (Lipinski definition) is 0. The average Bonchev–Trinajstić information content (AvgIpc) is 3.69. The SMILES string of the molecule is CCOP(=O)(C=Cc1cn(-c2ccccc2)nc1OCc1ccc(OCc2nc(-c3cccc(C#N)c3)oc2C)c(OC)c1)OCC. The van der Waals surface area contributed by atoms with Gasteiger partial charge >= 0.3 is 7.60 Å². The number of hydrogen-bond acceptors (Lipinski definition) is 10. The normalized spacial score (nSPS) is 11.5. The van der Waals surface area contributed by atoms with E-state index in [4.69, 9.17) is 27.7 Å².